The van der Waals surface area contributed by atoms with Crippen molar-refractivity contribution in [3.8, 4) is 0 Å². The summed E-state index contributed by atoms with van der Waals surface area (Å²) >= 11 is 0. The van der Waals surface area contributed by atoms with Gasteiger partial charge in [-0.15, -0.1) is 0 Å². The molecule has 1 heterocycles. The summed E-state index contributed by atoms with van der Waals surface area (Å²) < 4.78 is 0. The normalized spacial score (nSPS) is 11.7. The van der Waals surface area contributed by atoms with Gasteiger partial charge in [-0.05, 0) is 24.7 Å². The van der Waals surface area contributed by atoms with Crippen LogP contribution in [0.15, 0.2) is 6.07 Å². The van der Waals surface area contributed by atoms with Crippen LogP contribution in [0.1, 0.15) is 66.1 Å². The Labute approximate surface area is 130 Å². The molecule has 0 aromatic carbocycles. The van der Waals surface area contributed by atoms with Crippen molar-refractivity contribution in [1.29, 1.82) is 0 Å². The number of nitrogens with two attached hydrogens (primary N) is 1. The molecule has 0 aliphatic rings. The fraction of sp³-hybridized carbons (Fsp3) is 0.765. The van der Waals surface area contributed by atoms with Gasteiger partial charge in [0.25, 0.3) is 0 Å². The highest BCUT2D eigenvalue weighted by molar-refractivity contribution is 5.47. The molecule has 0 aliphatic heterocycles. The molecular weight excluding hydrogens is 260 g/mol. The lowest BCUT2D eigenvalue weighted by Crippen LogP contribution is -2.29. The van der Waals surface area contributed by atoms with Gasteiger partial charge in [-0.3, -0.25) is 0 Å². The molecule has 21 heavy (non-hydrogen) atoms. The van der Waals surface area contributed by atoms with E-state index in [1.807, 2.05) is 6.07 Å². The van der Waals surface area contributed by atoms with E-state index < -0.39 is 0 Å². The van der Waals surface area contributed by atoms with E-state index in [-0.39, 0.29) is 0 Å². The standard InChI is InChI=1S/C17H32N4/c1-12(2)7-9-21(10-8-13(3)4)16-11-15(18)19-17(20-16)14(5)6/h11-14H,7-10H2,1-6H3,(H2,18,19,20). The Kier molecular flexibility index (Phi) is 6.93. The molecule has 0 bridgehead atoms. The third-order valence-electron chi connectivity index (χ3n) is 3.54. The lowest BCUT2D eigenvalue weighted by molar-refractivity contribution is 0.532. The Morgan fingerprint density at radius 3 is 1.90 bits per heavy atom. The molecule has 0 spiro atoms. The zero-order valence-electron chi connectivity index (χ0n) is 14.6. The summed E-state index contributed by atoms with van der Waals surface area (Å²) in [6, 6.07) is 1.91. The van der Waals surface area contributed by atoms with Gasteiger partial charge in [0, 0.05) is 25.1 Å². The molecule has 0 saturated carbocycles. The van der Waals surface area contributed by atoms with Gasteiger partial charge in [0.15, 0.2) is 0 Å². The SMILES string of the molecule is CC(C)CCN(CCC(C)C)c1cc(N)nc(C(C)C)n1. The number of anilines is 2. The van der Waals surface area contributed by atoms with Crippen LogP contribution >= 0.6 is 0 Å². The zero-order valence-corrected chi connectivity index (χ0v) is 14.6. The topological polar surface area (TPSA) is 55.0 Å². The van der Waals surface area contributed by atoms with E-state index >= 15 is 0 Å². The second kappa shape index (κ2) is 8.20. The highest BCUT2D eigenvalue weighted by atomic mass is 15.2. The number of rotatable bonds is 8. The Morgan fingerprint density at radius 2 is 1.48 bits per heavy atom. The lowest BCUT2D eigenvalue weighted by atomic mass is 10.1. The lowest BCUT2D eigenvalue weighted by Gasteiger charge is -2.26. The summed E-state index contributed by atoms with van der Waals surface area (Å²) in [5, 5.41) is 0. The van der Waals surface area contributed by atoms with Gasteiger partial charge >= 0.3 is 0 Å². The largest absolute Gasteiger partial charge is 0.384 e. The van der Waals surface area contributed by atoms with Crippen molar-refractivity contribution < 1.29 is 0 Å². The molecule has 0 radical (unpaired) electrons. The van der Waals surface area contributed by atoms with Crippen LogP contribution in [0.5, 0.6) is 0 Å². The quantitative estimate of drug-likeness (QED) is 0.784. The van der Waals surface area contributed by atoms with Crippen LogP contribution in [0, 0.1) is 11.8 Å². The maximum absolute atomic E-state index is 5.97. The number of hydrogen-bond donors (Lipinski definition) is 1. The van der Waals surface area contributed by atoms with Gasteiger partial charge in [0.1, 0.15) is 17.5 Å². The fourth-order valence-electron chi connectivity index (χ4n) is 2.06. The predicted octanol–water partition coefficient (Wildman–Crippen LogP) is 4.08. The van der Waals surface area contributed by atoms with Crippen LogP contribution in [-0.2, 0) is 0 Å². The molecule has 0 fully saturated rings. The summed E-state index contributed by atoms with van der Waals surface area (Å²) in [5.41, 5.74) is 5.97. The van der Waals surface area contributed by atoms with Crippen LogP contribution in [0.25, 0.3) is 0 Å². The van der Waals surface area contributed by atoms with E-state index in [1.54, 1.807) is 0 Å². The maximum Gasteiger partial charge on any atom is 0.135 e. The molecule has 4 heteroatoms. The molecule has 0 amide bonds. The molecular formula is C17H32N4. The molecule has 1 aromatic heterocycles. The molecule has 0 aliphatic carbocycles. The van der Waals surface area contributed by atoms with E-state index in [0.717, 1.165) is 24.7 Å². The van der Waals surface area contributed by atoms with Crippen molar-refractivity contribution in [2.45, 2.75) is 60.3 Å². The van der Waals surface area contributed by atoms with E-state index in [4.69, 9.17) is 10.7 Å². The second-order valence-electron chi connectivity index (χ2n) is 7.02. The predicted molar refractivity (Wildman–Crippen MR) is 91.7 cm³/mol. The van der Waals surface area contributed by atoms with Crippen molar-refractivity contribution >= 4 is 11.6 Å². The van der Waals surface area contributed by atoms with Gasteiger partial charge in [-0.25, -0.2) is 9.97 Å². The molecule has 0 atom stereocenters. The zero-order chi connectivity index (χ0) is 16.0. The van der Waals surface area contributed by atoms with E-state index in [0.29, 0.717) is 23.6 Å². The van der Waals surface area contributed by atoms with E-state index in [2.05, 4.69) is 51.4 Å². The highest BCUT2D eigenvalue weighted by Gasteiger charge is 2.13. The first-order chi connectivity index (χ1) is 9.79. The van der Waals surface area contributed by atoms with Gasteiger partial charge in [0.2, 0.25) is 0 Å². The van der Waals surface area contributed by atoms with Crippen LogP contribution in [-0.4, -0.2) is 23.1 Å². The Morgan fingerprint density at radius 1 is 0.952 bits per heavy atom. The average Bonchev–Trinajstić information content (AvgIpc) is 2.37. The van der Waals surface area contributed by atoms with Gasteiger partial charge in [-0.1, -0.05) is 41.5 Å². The first-order valence-corrected chi connectivity index (χ1v) is 8.19. The van der Waals surface area contributed by atoms with Crippen LogP contribution < -0.4 is 10.6 Å². The molecule has 0 unspecified atom stereocenters. The Bertz CT molecular complexity index is 415. The first-order valence-electron chi connectivity index (χ1n) is 8.19. The minimum atomic E-state index is 0.296. The van der Waals surface area contributed by atoms with Gasteiger partial charge < -0.3 is 10.6 Å². The number of aromatic nitrogens is 2. The summed E-state index contributed by atoms with van der Waals surface area (Å²) in [6.07, 6.45) is 2.33. The van der Waals surface area contributed by atoms with Crippen LogP contribution in [0.2, 0.25) is 0 Å². The molecule has 1 rings (SSSR count). The third kappa shape index (κ3) is 6.32. The van der Waals surface area contributed by atoms with Crippen LogP contribution in [0.4, 0.5) is 11.6 Å². The van der Waals surface area contributed by atoms with Crippen molar-refractivity contribution in [1.82, 2.24) is 9.97 Å². The molecule has 1 aromatic rings. The van der Waals surface area contributed by atoms with Crippen molar-refractivity contribution in [2.24, 2.45) is 11.8 Å². The molecule has 4 nitrogen and oxygen atoms in total. The van der Waals surface area contributed by atoms with Crippen molar-refractivity contribution in [3.05, 3.63) is 11.9 Å². The average molecular weight is 292 g/mol. The minimum Gasteiger partial charge on any atom is -0.384 e. The smallest absolute Gasteiger partial charge is 0.135 e. The summed E-state index contributed by atoms with van der Waals surface area (Å²) in [7, 11) is 0. The Balaban J connectivity index is 2.94. The highest BCUT2D eigenvalue weighted by Crippen LogP contribution is 2.20. The van der Waals surface area contributed by atoms with Crippen LogP contribution in [0.3, 0.4) is 0 Å². The summed E-state index contributed by atoms with van der Waals surface area (Å²) in [5.74, 6) is 4.06. The molecule has 0 saturated heterocycles. The number of hydrogen-bond acceptors (Lipinski definition) is 4. The fourth-order valence-corrected chi connectivity index (χ4v) is 2.06. The summed E-state index contributed by atoms with van der Waals surface area (Å²) in [4.78, 5) is 11.4. The Hall–Kier alpha value is -1.32. The van der Waals surface area contributed by atoms with Gasteiger partial charge in [-0.2, -0.15) is 0 Å². The van der Waals surface area contributed by atoms with Crippen molar-refractivity contribution in [3.63, 3.8) is 0 Å². The van der Waals surface area contributed by atoms with E-state index in [9.17, 15) is 0 Å². The van der Waals surface area contributed by atoms with Crippen molar-refractivity contribution in [2.75, 3.05) is 23.7 Å². The molecule has 2 N–H and O–H groups in total. The third-order valence-corrected chi connectivity index (χ3v) is 3.54. The first kappa shape index (κ1) is 17.7. The summed E-state index contributed by atoms with van der Waals surface area (Å²) in [6.45, 7) is 15.3. The van der Waals surface area contributed by atoms with E-state index in [1.165, 1.54) is 12.8 Å². The monoisotopic (exact) mass is 292 g/mol. The minimum absolute atomic E-state index is 0.296. The number of nitrogens with zero attached hydrogens (tertiary/aromatic N) is 3. The maximum atomic E-state index is 5.97. The number of nitrogen functional groups attached to an aromatic ring is 1. The van der Waals surface area contributed by atoms with Gasteiger partial charge in [0.05, 0.1) is 0 Å². The molecule has 120 valence electrons. The second-order valence-corrected chi connectivity index (χ2v) is 7.02.